The zero-order chi connectivity index (χ0) is 16.4. The van der Waals surface area contributed by atoms with Crippen LogP contribution in [0.1, 0.15) is 66.3 Å². The van der Waals surface area contributed by atoms with Crippen LogP contribution in [0.25, 0.3) is 0 Å². The second-order valence-electron chi connectivity index (χ2n) is 7.06. The third kappa shape index (κ3) is 3.37. The van der Waals surface area contributed by atoms with Crippen molar-refractivity contribution >= 4 is 5.91 Å². The zero-order valence-corrected chi connectivity index (χ0v) is 14.0. The Kier molecular flexibility index (Phi) is 4.37. The number of likely N-dealkylation sites (tertiary alicyclic amines) is 1. The fraction of sp³-hybridized carbons (Fsp3) is 0.500. The summed E-state index contributed by atoms with van der Waals surface area (Å²) in [6, 6.07) is 12.7. The summed E-state index contributed by atoms with van der Waals surface area (Å²) < 4.78 is 5.37. The van der Waals surface area contributed by atoms with Gasteiger partial charge in [0.1, 0.15) is 5.76 Å². The van der Waals surface area contributed by atoms with Crippen LogP contribution in [-0.2, 0) is 6.42 Å². The number of aryl methyl sites for hydroxylation is 1. The lowest BCUT2D eigenvalue weighted by molar-refractivity contribution is 0.0591. The van der Waals surface area contributed by atoms with E-state index in [1.807, 2.05) is 17.0 Å². The maximum atomic E-state index is 12.9. The number of benzene rings is 1. The van der Waals surface area contributed by atoms with Crippen molar-refractivity contribution in [3.8, 4) is 0 Å². The first kappa shape index (κ1) is 15.4. The lowest BCUT2D eigenvalue weighted by Gasteiger charge is -2.35. The molecule has 1 atom stereocenters. The van der Waals surface area contributed by atoms with E-state index in [4.69, 9.17) is 4.52 Å². The Labute approximate surface area is 142 Å². The van der Waals surface area contributed by atoms with Crippen molar-refractivity contribution in [1.82, 2.24) is 10.1 Å². The summed E-state index contributed by atoms with van der Waals surface area (Å²) in [6.45, 7) is 0.837. The molecule has 126 valence electrons. The minimum atomic E-state index is 0.0448. The maximum Gasteiger partial charge on any atom is 0.276 e. The van der Waals surface area contributed by atoms with Crippen LogP contribution in [0.3, 0.4) is 0 Å². The standard InChI is InChI=1S/C20H24N2O2/c23-20(18-14-19(24-21-18)16-10-11-16)22-13-5-4-8-17(22)12-9-15-6-2-1-3-7-15/h1-3,6-7,14,16-17H,4-5,8-13H2/t17-/m1/s1. The first-order valence-electron chi connectivity index (χ1n) is 9.13. The van der Waals surface area contributed by atoms with Crippen LogP contribution in [0.4, 0.5) is 0 Å². The van der Waals surface area contributed by atoms with Crippen LogP contribution >= 0.6 is 0 Å². The minimum Gasteiger partial charge on any atom is -0.360 e. The van der Waals surface area contributed by atoms with Gasteiger partial charge in [0.2, 0.25) is 0 Å². The number of carbonyl (C=O) groups is 1. The summed E-state index contributed by atoms with van der Waals surface area (Å²) >= 11 is 0. The third-order valence-electron chi connectivity index (χ3n) is 5.22. The van der Waals surface area contributed by atoms with Gasteiger partial charge in [-0.1, -0.05) is 35.5 Å². The molecule has 2 aliphatic rings. The normalized spacial score (nSPS) is 21.0. The van der Waals surface area contributed by atoms with Gasteiger partial charge >= 0.3 is 0 Å². The second-order valence-corrected chi connectivity index (χ2v) is 7.06. The Hall–Kier alpha value is -2.10. The Bertz CT molecular complexity index is 691. The molecule has 0 bridgehead atoms. The molecule has 1 saturated carbocycles. The molecule has 2 heterocycles. The average molecular weight is 324 g/mol. The molecule has 2 aromatic rings. The van der Waals surface area contributed by atoms with E-state index in [0.29, 0.717) is 17.7 Å². The first-order chi connectivity index (χ1) is 11.8. The van der Waals surface area contributed by atoms with E-state index in [9.17, 15) is 4.79 Å². The largest absolute Gasteiger partial charge is 0.360 e. The predicted molar refractivity (Wildman–Crippen MR) is 91.9 cm³/mol. The summed E-state index contributed by atoms with van der Waals surface area (Å²) in [5, 5.41) is 4.04. The van der Waals surface area contributed by atoms with Crippen LogP contribution in [0.2, 0.25) is 0 Å². The number of hydrogen-bond acceptors (Lipinski definition) is 3. The summed E-state index contributed by atoms with van der Waals surface area (Å²) in [4.78, 5) is 14.9. The molecule has 0 radical (unpaired) electrons. The molecule has 4 nitrogen and oxygen atoms in total. The lowest BCUT2D eigenvalue weighted by atomic mass is 9.95. The molecule has 0 N–H and O–H groups in total. The Morgan fingerprint density at radius 2 is 2.00 bits per heavy atom. The summed E-state index contributed by atoms with van der Waals surface area (Å²) in [5.41, 5.74) is 1.83. The lowest BCUT2D eigenvalue weighted by Crippen LogP contribution is -2.44. The summed E-state index contributed by atoms with van der Waals surface area (Å²) in [5.74, 6) is 1.42. The van der Waals surface area contributed by atoms with E-state index in [-0.39, 0.29) is 5.91 Å². The zero-order valence-electron chi connectivity index (χ0n) is 14.0. The van der Waals surface area contributed by atoms with Gasteiger partial charge in [0.15, 0.2) is 5.69 Å². The Balaban J connectivity index is 1.43. The topological polar surface area (TPSA) is 46.3 Å². The van der Waals surface area contributed by atoms with Gasteiger partial charge in [0.05, 0.1) is 0 Å². The SMILES string of the molecule is O=C(c1cc(C2CC2)on1)N1CCCC[C@@H]1CCc1ccccc1. The highest BCUT2D eigenvalue weighted by Crippen LogP contribution is 2.40. The van der Waals surface area contributed by atoms with Gasteiger partial charge in [-0.05, 0) is 50.5 Å². The smallest absolute Gasteiger partial charge is 0.276 e. The number of piperidine rings is 1. The van der Waals surface area contributed by atoms with Crippen LogP contribution in [0.15, 0.2) is 40.9 Å². The van der Waals surface area contributed by atoms with Crippen molar-refractivity contribution < 1.29 is 9.32 Å². The molecule has 2 fully saturated rings. The fourth-order valence-corrected chi connectivity index (χ4v) is 3.64. The van der Waals surface area contributed by atoms with Crippen LogP contribution in [0.5, 0.6) is 0 Å². The summed E-state index contributed by atoms with van der Waals surface area (Å²) in [7, 11) is 0. The highest BCUT2D eigenvalue weighted by atomic mass is 16.5. The molecule has 24 heavy (non-hydrogen) atoms. The van der Waals surface area contributed by atoms with Crippen molar-refractivity contribution in [2.75, 3.05) is 6.54 Å². The van der Waals surface area contributed by atoms with E-state index in [2.05, 4.69) is 29.4 Å². The molecule has 4 rings (SSSR count). The highest BCUT2D eigenvalue weighted by Gasteiger charge is 2.32. The third-order valence-corrected chi connectivity index (χ3v) is 5.22. The Morgan fingerprint density at radius 3 is 2.79 bits per heavy atom. The van der Waals surface area contributed by atoms with Crippen molar-refractivity contribution in [2.24, 2.45) is 0 Å². The number of aromatic nitrogens is 1. The number of rotatable bonds is 5. The van der Waals surface area contributed by atoms with Gasteiger partial charge in [-0.25, -0.2) is 0 Å². The van der Waals surface area contributed by atoms with E-state index < -0.39 is 0 Å². The first-order valence-corrected chi connectivity index (χ1v) is 9.13. The maximum absolute atomic E-state index is 12.9. The molecular weight excluding hydrogens is 300 g/mol. The number of amides is 1. The fourth-order valence-electron chi connectivity index (χ4n) is 3.64. The Morgan fingerprint density at radius 1 is 1.17 bits per heavy atom. The van der Waals surface area contributed by atoms with Gasteiger partial charge in [0.25, 0.3) is 5.91 Å². The second kappa shape index (κ2) is 6.80. The monoisotopic (exact) mass is 324 g/mol. The molecule has 1 amide bonds. The molecule has 1 aromatic carbocycles. The van der Waals surface area contributed by atoms with Crippen molar-refractivity contribution in [3.05, 3.63) is 53.4 Å². The molecule has 4 heteroatoms. The van der Waals surface area contributed by atoms with Crippen LogP contribution < -0.4 is 0 Å². The quantitative estimate of drug-likeness (QED) is 0.829. The van der Waals surface area contributed by atoms with Gasteiger partial charge in [0, 0.05) is 24.6 Å². The summed E-state index contributed by atoms with van der Waals surface area (Å²) in [6.07, 6.45) is 7.73. The number of nitrogens with zero attached hydrogens (tertiary/aromatic N) is 2. The van der Waals surface area contributed by atoms with E-state index >= 15 is 0 Å². The molecule has 1 aliphatic heterocycles. The van der Waals surface area contributed by atoms with Crippen LogP contribution in [0, 0.1) is 0 Å². The van der Waals surface area contributed by atoms with E-state index in [0.717, 1.165) is 50.8 Å². The van der Waals surface area contributed by atoms with Gasteiger partial charge < -0.3 is 9.42 Å². The molecule has 1 saturated heterocycles. The van der Waals surface area contributed by atoms with Crippen molar-refractivity contribution in [2.45, 2.75) is 56.9 Å². The molecular formula is C20H24N2O2. The highest BCUT2D eigenvalue weighted by molar-refractivity contribution is 5.92. The molecule has 0 spiro atoms. The van der Waals surface area contributed by atoms with Crippen LogP contribution in [-0.4, -0.2) is 28.6 Å². The molecule has 0 unspecified atom stereocenters. The average Bonchev–Trinajstić information content (AvgIpc) is 3.37. The molecule has 1 aromatic heterocycles. The van der Waals surface area contributed by atoms with Crippen molar-refractivity contribution in [3.63, 3.8) is 0 Å². The van der Waals surface area contributed by atoms with Gasteiger partial charge in [-0.2, -0.15) is 0 Å². The van der Waals surface area contributed by atoms with E-state index in [1.54, 1.807) is 0 Å². The van der Waals surface area contributed by atoms with Gasteiger partial charge in [-0.15, -0.1) is 0 Å². The number of carbonyl (C=O) groups excluding carboxylic acids is 1. The van der Waals surface area contributed by atoms with E-state index in [1.165, 1.54) is 12.0 Å². The number of hydrogen-bond donors (Lipinski definition) is 0. The minimum absolute atomic E-state index is 0.0448. The van der Waals surface area contributed by atoms with Crippen molar-refractivity contribution in [1.29, 1.82) is 0 Å². The molecule has 1 aliphatic carbocycles. The van der Waals surface area contributed by atoms with Gasteiger partial charge in [-0.3, -0.25) is 4.79 Å². The predicted octanol–water partition coefficient (Wildman–Crippen LogP) is 4.18.